The van der Waals surface area contributed by atoms with Crippen LogP contribution in [0.3, 0.4) is 0 Å². The second-order valence-corrected chi connectivity index (χ2v) is 11.8. The van der Waals surface area contributed by atoms with Gasteiger partial charge in [0.15, 0.2) is 0 Å². The second kappa shape index (κ2) is 9.11. The molecule has 0 amide bonds. The van der Waals surface area contributed by atoms with Crippen LogP contribution in [-0.2, 0) is 19.6 Å². The van der Waals surface area contributed by atoms with Crippen LogP contribution in [0.2, 0.25) is 0 Å². The number of esters is 1. The third-order valence-electron chi connectivity index (χ3n) is 6.88. The monoisotopic (exact) mass is 465 g/mol. The topological polar surface area (TPSA) is 89.5 Å². The molecule has 170 valence electrons. The summed E-state index contributed by atoms with van der Waals surface area (Å²) in [6.07, 6.45) is 4.16. The lowest BCUT2D eigenvalue weighted by Crippen LogP contribution is -2.42. The van der Waals surface area contributed by atoms with Crippen LogP contribution in [0.15, 0.2) is 23.1 Å². The fourth-order valence-electron chi connectivity index (χ4n) is 4.96. The van der Waals surface area contributed by atoms with Gasteiger partial charge < -0.3 is 4.74 Å². The van der Waals surface area contributed by atoms with Crippen LogP contribution < -0.4 is 0 Å². The molecule has 0 radical (unpaired) electrons. The fraction of sp³-hybridized carbons (Fsp3) is 0.682. The Balaban J connectivity index is 1.40. The third-order valence-corrected chi connectivity index (χ3v) is 9.36. The van der Waals surface area contributed by atoms with Gasteiger partial charge in [0, 0.05) is 13.1 Å². The van der Waals surface area contributed by atoms with Gasteiger partial charge in [0.1, 0.15) is 22.0 Å². The van der Waals surface area contributed by atoms with Gasteiger partial charge in [0.05, 0.1) is 17.6 Å². The Bertz CT molecular complexity index is 1030. The molecule has 2 aliphatic rings. The molecular formula is C22H31N3O4S2. The van der Waals surface area contributed by atoms with Crippen LogP contribution in [0.5, 0.6) is 0 Å². The third kappa shape index (κ3) is 4.64. The van der Waals surface area contributed by atoms with Gasteiger partial charge >= 0.3 is 5.97 Å². The highest BCUT2D eigenvalue weighted by molar-refractivity contribution is 7.89. The van der Waals surface area contributed by atoms with E-state index < -0.39 is 10.0 Å². The average Bonchev–Trinajstić information content (AvgIpc) is 3.22. The van der Waals surface area contributed by atoms with Crippen molar-refractivity contribution in [1.82, 2.24) is 13.1 Å². The fourth-order valence-corrected chi connectivity index (χ4v) is 7.18. The van der Waals surface area contributed by atoms with Crippen molar-refractivity contribution < 1.29 is 17.9 Å². The molecule has 1 aromatic heterocycles. The van der Waals surface area contributed by atoms with Crippen molar-refractivity contribution in [1.29, 1.82) is 0 Å². The molecule has 0 N–H and O–H groups in total. The van der Waals surface area contributed by atoms with E-state index in [0.717, 1.165) is 24.6 Å². The Morgan fingerprint density at radius 1 is 1.16 bits per heavy atom. The molecule has 1 aromatic carbocycles. The summed E-state index contributed by atoms with van der Waals surface area (Å²) in [7, 11) is -3.68. The molecule has 1 saturated carbocycles. The number of hydrogen-bond acceptors (Lipinski definition) is 7. The van der Waals surface area contributed by atoms with Gasteiger partial charge in [-0.05, 0) is 55.6 Å². The molecule has 1 aliphatic heterocycles. The number of carbonyl (C=O) groups excluding carboxylic acids is 1. The lowest BCUT2D eigenvalue weighted by molar-refractivity contribution is -0.162. The summed E-state index contributed by atoms with van der Waals surface area (Å²) in [5.74, 6) is 1.07. The van der Waals surface area contributed by atoms with E-state index in [1.54, 1.807) is 18.2 Å². The number of piperidine rings is 1. The van der Waals surface area contributed by atoms with E-state index in [1.807, 2.05) is 0 Å². The average molecular weight is 466 g/mol. The molecule has 0 unspecified atom stereocenters. The van der Waals surface area contributed by atoms with Gasteiger partial charge in [-0.15, -0.1) is 0 Å². The number of carbonyl (C=O) groups is 1. The Hall–Kier alpha value is -1.58. The number of fused-ring (bicyclic) bond motifs is 1. The predicted octanol–water partition coefficient (Wildman–Crippen LogP) is 4.10. The SMILES string of the molecule is CC(C)[C@H]1CC[C@H](C)C[C@@H]1OC(=O)C1CCN(S(=O)(=O)c2cccc3nsnc23)CC1. The maximum Gasteiger partial charge on any atom is 0.309 e. The minimum absolute atomic E-state index is 0.0206. The highest BCUT2D eigenvalue weighted by Gasteiger charge is 2.37. The predicted molar refractivity (Wildman–Crippen MR) is 120 cm³/mol. The van der Waals surface area contributed by atoms with Crippen LogP contribution >= 0.6 is 11.7 Å². The van der Waals surface area contributed by atoms with Crippen molar-refractivity contribution in [3.8, 4) is 0 Å². The summed E-state index contributed by atoms with van der Waals surface area (Å²) in [6, 6.07) is 5.03. The first-order valence-electron chi connectivity index (χ1n) is 11.2. The molecule has 0 bridgehead atoms. The summed E-state index contributed by atoms with van der Waals surface area (Å²) in [5.41, 5.74) is 1.01. The van der Waals surface area contributed by atoms with Gasteiger partial charge in [0.2, 0.25) is 10.0 Å². The van der Waals surface area contributed by atoms with Gasteiger partial charge in [0.25, 0.3) is 0 Å². The lowest BCUT2D eigenvalue weighted by Gasteiger charge is -2.38. The maximum absolute atomic E-state index is 13.2. The Morgan fingerprint density at radius 3 is 2.61 bits per heavy atom. The molecule has 7 nitrogen and oxygen atoms in total. The molecule has 1 saturated heterocycles. The van der Waals surface area contributed by atoms with Gasteiger partial charge in [-0.3, -0.25) is 4.79 Å². The van der Waals surface area contributed by atoms with Crippen molar-refractivity contribution >= 4 is 38.8 Å². The Labute approximate surface area is 188 Å². The zero-order chi connectivity index (χ0) is 22.2. The van der Waals surface area contributed by atoms with Crippen LogP contribution in [-0.4, -0.2) is 46.6 Å². The summed E-state index contributed by atoms with van der Waals surface area (Å²) in [6.45, 7) is 7.24. The van der Waals surface area contributed by atoms with Crippen molar-refractivity contribution in [3.63, 3.8) is 0 Å². The lowest BCUT2D eigenvalue weighted by atomic mass is 9.75. The minimum atomic E-state index is -3.68. The molecule has 2 heterocycles. The van der Waals surface area contributed by atoms with E-state index in [1.165, 1.54) is 10.7 Å². The smallest absolute Gasteiger partial charge is 0.309 e. The summed E-state index contributed by atoms with van der Waals surface area (Å²) in [5, 5.41) is 0. The molecule has 31 heavy (non-hydrogen) atoms. The first kappa shape index (κ1) is 22.6. The van der Waals surface area contributed by atoms with E-state index in [2.05, 4.69) is 29.5 Å². The van der Waals surface area contributed by atoms with Crippen LogP contribution in [0.4, 0.5) is 0 Å². The number of hydrogen-bond donors (Lipinski definition) is 0. The molecule has 1 aliphatic carbocycles. The quantitative estimate of drug-likeness (QED) is 0.618. The van der Waals surface area contributed by atoms with Gasteiger partial charge in [-0.25, -0.2) is 8.42 Å². The zero-order valence-corrected chi connectivity index (χ0v) is 20.0. The van der Waals surface area contributed by atoms with Crippen molar-refractivity contribution in [2.75, 3.05) is 13.1 Å². The summed E-state index contributed by atoms with van der Waals surface area (Å²) >= 11 is 1.01. The number of aromatic nitrogens is 2. The molecule has 0 spiro atoms. The van der Waals surface area contributed by atoms with Crippen molar-refractivity contribution in [2.24, 2.45) is 23.7 Å². The number of sulfonamides is 1. The largest absolute Gasteiger partial charge is 0.462 e. The standard InChI is InChI=1S/C22H31N3O4S2/c1-14(2)17-8-7-15(3)13-19(17)29-22(26)16-9-11-25(12-10-16)31(27,28)20-6-4-5-18-21(20)24-30-23-18/h4-6,14-17,19H,7-13H2,1-3H3/t15-,17+,19-/m0/s1. The summed E-state index contributed by atoms with van der Waals surface area (Å²) < 4.78 is 42.2. The van der Waals surface area contributed by atoms with Crippen molar-refractivity contribution in [3.05, 3.63) is 18.2 Å². The highest BCUT2D eigenvalue weighted by atomic mass is 32.2. The molecule has 2 aromatic rings. The molecule has 2 fully saturated rings. The van der Waals surface area contributed by atoms with Crippen LogP contribution in [0, 0.1) is 23.7 Å². The number of nitrogens with zero attached hydrogens (tertiary/aromatic N) is 3. The van der Waals surface area contributed by atoms with E-state index >= 15 is 0 Å². The number of ether oxygens (including phenoxy) is 1. The van der Waals surface area contributed by atoms with Crippen molar-refractivity contribution in [2.45, 2.75) is 63.9 Å². The first-order chi connectivity index (χ1) is 14.8. The normalized spacial score (nSPS) is 26.4. The molecule has 4 rings (SSSR count). The van der Waals surface area contributed by atoms with E-state index in [-0.39, 0.29) is 22.9 Å². The molecular weight excluding hydrogens is 434 g/mol. The minimum Gasteiger partial charge on any atom is -0.462 e. The zero-order valence-electron chi connectivity index (χ0n) is 18.4. The highest BCUT2D eigenvalue weighted by Crippen LogP contribution is 2.36. The van der Waals surface area contributed by atoms with E-state index in [4.69, 9.17) is 4.74 Å². The number of rotatable bonds is 5. The van der Waals surface area contributed by atoms with E-state index in [9.17, 15) is 13.2 Å². The first-order valence-corrected chi connectivity index (χ1v) is 13.4. The maximum atomic E-state index is 13.2. The van der Waals surface area contributed by atoms with E-state index in [0.29, 0.717) is 54.7 Å². The Kier molecular flexibility index (Phi) is 6.65. The second-order valence-electron chi connectivity index (χ2n) is 9.37. The molecule has 3 atom stereocenters. The Morgan fingerprint density at radius 2 is 1.90 bits per heavy atom. The van der Waals surface area contributed by atoms with Gasteiger partial charge in [-0.2, -0.15) is 13.1 Å². The van der Waals surface area contributed by atoms with Crippen LogP contribution in [0.25, 0.3) is 11.0 Å². The van der Waals surface area contributed by atoms with Crippen LogP contribution in [0.1, 0.15) is 52.9 Å². The van der Waals surface area contributed by atoms with Gasteiger partial charge in [-0.1, -0.05) is 33.3 Å². The summed E-state index contributed by atoms with van der Waals surface area (Å²) in [4.78, 5) is 13.1. The number of benzene rings is 1. The molecule has 9 heteroatoms.